The Kier molecular flexibility index (Phi) is 5.80. The van der Waals surface area contributed by atoms with E-state index in [1.165, 1.54) is 64.2 Å². The van der Waals surface area contributed by atoms with E-state index in [1.54, 1.807) is 5.57 Å². The van der Waals surface area contributed by atoms with Crippen LogP contribution in [-0.4, -0.2) is 11.2 Å². The van der Waals surface area contributed by atoms with Crippen LogP contribution in [0.25, 0.3) is 0 Å². The topological polar surface area (TPSA) is 20.2 Å². The molecule has 3 fully saturated rings. The van der Waals surface area contributed by atoms with Crippen molar-refractivity contribution in [1.29, 1.82) is 0 Å². The number of hydrogen-bond donors (Lipinski definition) is 1. The second kappa shape index (κ2) is 7.75. The normalized spacial score (nSPS) is 46.5. The van der Waals surface area contributed by atoms with Crippen LogP contribution in [0, 0.1) is 46.3 Å². The molecule has 4 aliphatic carbocycles. The average molecular weight is 387 g/mol. The molecule has 0 saturated heterocycles. The minimum Gasteiger partial charge on any atom is -0.393 e. The zero-order chi connectivity index (χ0) is 20.1. The summed E-state index contributed by atoms with van der Waals surface area (Å²) in [5, 5.41) is 11.2. The predicted molar refractivity (Wildman–Crippen MR) is 119 cm³/mol. The molecule has 0 aromatic carbocycles. The van der Waals surface area contributed by atoms with Gasteiger partial charge in [-0.1, -0.05) is 72.0 Å². The van der Waals surface area contributed by atoms with Crippen molar-refractivity contribution in [3.05, 3.63) is 11.6 Å². The van der Waals surface area contributed by atoms with Gasteiger partial charge in [0.15, 0.2) is 0 Å². The molecule has 0 aliphatic heterocycles. The molecule has 3 saturated carbocycles. The summed E-state index contributed by atoms with van der Waals surface area (Å²) in [7, 11) is 0. The monoisotopic (exact) mass is 386 g/mol. The first-order chi connectivity index (χ1) is 13.3. The molecule has 8 atom stereocenters. The zero-order valence-electron chi connectivity index (χ0n) is 19.3. The molecule has 1 unspecified atom stereocenters. The Balaban J connectivity index is 1.53. The van der Waals surface area contributed by atoms with Crippen LogP contribution in [0.2, 0.25) is 0 Å². The highest BCUT2D eigenvalue weighted by atomic mass is 16.3. The van der Waals surface area contributed by atoms with Crippen LogP contribution >= 0.6 is 0 Å². The van der Waals surface area contributed by atoms with Gasteiger partial charge in [-0.3, -0.25) is 0 Å². The summed E-state index contributed by atoms with van der Waals surface area (Å²) in [6.07, 6.45) is 17.3. The molecule has 0 radical (unpaired) electrons. The molecule has 28 heavy (non-hydrogen) atoms. The second-order valence-corrected chi connectivity index (χ2v) is 12.1. The maximum absolute atomic E-state index is 11.2. The van der Waals surface area contributed by atoms with Gasteiger partial charge in [-0.15, -0.1) is 0 Å². The quantitative estimate of drug-likeness (QED) is 0.488. The van der Waals surface area contributed by atoms with Gasteiger partial charge < -0.3 is 5.11 Å². The second-order valence-electron chi connectivity index (χ2n) is 12.1. The largest absolute Gasteiger partial charge is 0.393 e. The number of rotatable bonds is 5. The van der Waals surface area contributed by atoms with E-state index in [2.05, 4.69) is 40.7 Å². The highest BCUT2D eigenvalue weighted by Gasteiger charge is 2.61. The Labute approximate surface area is 174 Å². The van der Waals surface area contributed by atoms with Gasteiger partial charge in [0.05, 0.1) is 6.10 Å². The van der Waals surface area contributed by atoms with Gasteiger partial charge in [0.2, 0.25) is 0 Å². The molecular formula is C27H46O. The number of aliphatic hydroxyl groups is 1. The highest BCUT2D eigenvalue weighted by Crippen LogP contribution is 2.67. The summed E-state index contributed by atoms with van der Waals surface area (Å²) >= 11 is 0. The molecule has 0 aromatic rings. The van der Waals surface area contributed by atoms with E-state index < -0.39 is 0 Å². The predicted octanol–water partition coefficient (Wildman–Crippen LogP) is 7.39. The fraction of sp³-hybridized carbons (Fsp3) is 0.926. The molecule has 1 N–H and O–H groups in total. The Morgan fingerprint density at radius 2 is 1.86 bits per heavy atom. The van der Waals surface area contributed by atoms with E-state index in [-0.39, 0.29) is 6.10 Å². The number of allylic oxidation sites excluding steroid dienone is 2. The standard InChI is InChI=1S/C27H46O/c1-18(2)9-8-10-19(3)25-24(28)17-23-21-13-12-20-11-6-7-15-26(20,4)22(21)14-16-27(23,25)5/h12,18-19,21-25,28H,6-11,13-17H2,1-5H3/t19?,21-,22+,23+,24-,25+,26+,27+/m1/s1. The van der Waals surface area contributed by atoms with Gasteiger partial charge in [0.1, 0.15) is 0 Å². The third-order valence-corrected chi connectivity index (χ3v) is 10.2. The summed E-state index contributed by atoms with van der Waals surface area (Å²) in [5.74, 6) is 4.45. The van der Waals surface area contributed by atoms with Crippen molar-refractivity contribution in [2.75, 3.05) is 0 Å². The molecule has 4 aliphatic rings. The first-order valence-corrected chi connectivity index (χ1v) is 12.6. The van der Waals surface area contributed by atoms with Gasteiger partial charge in [-0.05, 0) is 91.3 Å². The first kappa shape index (κ1) is 21.0. The van der Waals surface area contributed by atoms with Crippen molar-refractivity contribution in [1.82, 2.24) is 0 Å². The Bertz CT molecular complexity index is 591. The van der Waals surface area contributed by atoms with Gasteiger partial charge in [0.25, 0.3) is 0 Å². The van der Waals surface area contributed by atoms with Crippen molar-refractivity contribution in [3.8, 4) is 0 Å². The van der Waals surface area contributed by atoms with Crippen LogP contribution in [0.15, 0.2) is 11.6 Å². The van der Waals surface area contributed by atoms with Gasteiger partial charge >= 0.3 is 0 Å². The maximum Gasteiger partial charge on any atom is 0.0579 e. The molecule has 0 aromatic heterocycles. The number of aliphatic hydroxyl groups excluding tert-OH is 1. The van der Waals surface area contributed by atoms with Crippen LogP contribution < -0.4 is 0 Å². The lowest BCUT2D eigenvalue weighted by Crippen LogP contribution is -2.50. The lowest BCUT2D eigenvalue weighted by Gasteiger charge is -2.58. The molecule has 0 spiro atoms. The molecule has 0 amide bonds. The zero-order valence-corrected chi connectivity index (χ0v) is 19.3. The highest BCUT2D eigenvalue weighted by molar-refractivity contribution is 5.24. The van der Waals surface area contributed by atoms with Crippen LogP contribution in [0.5, 0.6) is 0 Å². The van der Waals surface area contributed by atoms with E-state index in [1.807, 2.05) is 0 Å². The van der Waals surface area contributed by atoms with Crippen molar-refractivity contribution >= 4 is 0 Å². The fourth-order valence-electron chi connectivity index (χ4n) is 8.81. The lowest BCUT2D eigenvalue weighted by atomic mass is 9.47. The average Bonchev–Trinajstić information content (AvgIpc) is 2.91. The summed E-state index contributed by atoms with van der Waals surface area (Å²) in [6, 6.07) is 0. The molecule has 4 rings (SSSR count). The van der Waals surface area contributed by atoms with Crippen molar-refractivity contribution in [2.45, 2.75) is 111 Å². The fourth-order valence-corrected chi connectivity index (χ4v) is 8.81. The van der Waals surface area contributed by atoms with Crippen LogP contribution in [-0.2, 0) is 0 Å². The third kappa shape index (κ3) is 3.32. The van der Waals surface area contributed by atoms with E-state index in [4.69, 9.17) is 0 Å². The smallest absolute Gasteiger partial charge is 0.0579 e. The van der Waals surface area contributed by atoms with E-state index >= 15 is 0 Å². The number of hydrogen-bond acceptors (Lipinski definition) is 1. The van der Waals surface area contributed by atoms with Crippen molar-refractivity contribution < 1.29 is 5.11 Å². The van der Waals surface area contributed by atoms with Crippen molar-refractivity contribution in [3.63, 3.8) is 0 Å². The minimum absolute atomic E-state index is 0.0626. The van der Waals surface area contributed by atoms with E-state index in [9.17, 15) is 5.11 Å². The summed E-state index contributed by atoms with van der Waals surface area (Å²) in [4.78, 5) is 0. The molecule has 0 heterocycles. The Morgan fingerprint density at radius 3 is 2.61 bits per heavy atom. The van der Waals surface area contributed by atoms with Crippen LogP contribution in [0.1, 0.15) is 105 Å². The SMILES string of the molecule is CC(C)CCCC(C)[C@H]1[C@H](O)C[C@H]2[C@@H]3CC=C4CCCC[C@]4(C)[C@H]3CC[C@@]21C. The lowest BCUT2D eigenvalue weighted by molar-refractivity contribution is -0.0558. The molecule has 0 bridgehead atoms. The Morgan fingerprint density at radius 1 is 1.07 bits per heavy atom. The van der Waals surface area contributed by atoms with Crippen LogP contribution in [0.4, 0.5) is 0 Å². The van der Waals surface area contributed by atoms with Crippen LogP contribution in [0.3, 0.4) is 0 Å². The van der Waals surface area contributed by atoms with Crippen molar-refractivity contribution in [2.24, 2.45) is 46.3 Å². The number of fused-ring (bicyclic) bond motifs is 5. The molecule has 160 valence electrons. The van der Waals surface area contributed by atoms with Gasteiger partial charge in [0, 0.05) is 0 Å². The van der Waals surface area contributed by atoms with E-state index in [0.717, 1.165) is 30.1 Å². The first-order valence-electron chi connectivity index (χ1n) is 12.6. The molecular weight excluding hydrogens is 340 g/mol. The molecule has 1 heteroatoms. The summed E-state index contributed by atoms with van der Waals surface area (Å²) < 4.78 is 0. The Hall–Kier alpha value is -0.300. The van der Waals surface area contributed by atoms with E-state index in [0.29, 0.717) is 22.7 Å². The van der Waals surface area contributed by atoms with Gasteiger partial charge in [-0.2, -0.15) is 0 Å². The molecule has 1 nitrogen and oxygen atoms in total. The third-order valence-electron chi connectivity index (χ3n) is 10.2. The maximum atomic E-state index is 11.2. The summed E-state index contributed by atoms with van der Waals surface area (Å²) in [6.45, 7) is 12.3. The van der Waals surface area contributed by atoms with Gasteiger partial charge in [-0.25, -0.2) is 0 Å². The summed E-state index contributed by atoms with van der Waals surface area (Å²) in [5.41, 5.74) is 2.66. The minimum atomic E-state index is -0.0626.